The molecule has 50 heavy (non-hydrogen) atoms. The van der Waals surface area contributed by atoms with Gasteiger partial charge in [0.25, 0.3) is 0 Å². The van der Waals surface area contributed by atoms with Gasteiger partial charge in [-0.2, -0.15) is 0 Å². The molecule has 1 heterocycles. The Hall–Kier alpha value is -6.01. The zero-order chi connectivity index (χ0) is 33.5. The molecule has 2 heteroatoms. The standard InChI is InChI=1S/C48H33OP/c49-50(38-28-14-5-15-29-38)41-32-18-16-30-39(41)47-45(36-24-10-3-11-25-36)43(34-20-6-1-7-21-34)44(35-22-8-2-9-23-35)46(37-26-12-4-13-27-37)48(47)40-31-17-19-33-42(40)50/h1-33H. The predicted octanol–water partition coefficient (Wildman–Crippen LogP) is 11.6. The van der Waals surface area contributed by atoms with Gasteiger partial charge in [-0.15, -0.1) is 0 Å². The fraction of sp³-hybridized carbons (Fsp3) is 0. The Morgan fingerprint density at radius 1 is 0.260 bits per heavy atom. The van der Waals surface area contributed by atoms with E-state index in [1.165, 1.54) is 0 Å². The average Bonchev–Trinajstić information content (AvgIpc) is 3.30. The fourth-order valence-corrected chi connectivity index (χ4v) is 10.9. The highest BCUT2D eigenvalue weighted by atomic mass is 31.2. The molecule has 9 rings (SSSR count). The molecule has 0 spiro atoms. The fourth-order valence-electron chi connectivity index (χ4n) is 7.83. The van der Waals surface area contributed by atoms with Gasteiger partial charge in [0.1, 0.15) is 0 Å². The van der Waals surface area contributed by atoms with Gasteiger partial charge in [0.05, 0.1) is 0 Å². The van der Waals surface area contributed by atoms with Crippen LogP contribution < -0.4 is 15.9 Å². The molecule has 8 aromatic carbocycles. The first-order chi connectivity index (χ1) is 24.7. The van der Waals surface area contributed by atoms with E-state index >= 15 is 4.57 Å². The monoisotopic (exact) mass is 656 g/mol. The van der Waals surface area contributed by atoms with Crippen LogP contribution in [0.1, 0.15) is 0 Å². The maximum Gasteiger partial charge on any atom is 0.172 e. The van der Waals surface area contributed by atoms with E-state index in [0.29, 0.717) is 0 Å². The van der Waals surface area contributed by atoms with Crippen LogP contribution in [0.5, 0.6) is 0 Å². The Balaban J connectivity index is 1.62. The maximum absolute atomic E-state index is 16.4. The molecule has 0 amide bonds. The van der Waals surface area contributed by atoms with Gasteiger partial charge in [-0.05, 0) is 66.8 Å². The van der Waals surface area contributed by atoms with E-state index in [4.69, 9.17) is 0 Å². The van der Waals surface area contributed by atoms with Crippen LogP contribution in [0.2, 0.25) is 0 Å². The lowest BCUT2D eigenvalue weighted by atomic mass is 9.74. The molecule has 0 fully saturated rings. The van der Waals surface area contributed by atoms with E-state index in [1.54, 1.807) is 0 Å². The molecule has 0 atom stereocenters. The van der Waals surface area contributed by atoms with Gasteiger partial charge in [-0.3, -0.25) is 0 Å². The summed E-state index contributed by atoms with van der Waals surface area (Å²) in [6.07, 6.45) is 0. The Bertz CT molecular complexity index is 2370. The molecule has 0 aromatic heterocycles. The van der Waals surface area contributed by atoms with Crippen LogP contribution in [0.15, 0.2) is 200 Å². The molecular weight excluding hydrogens is 624 g/mol. The molecular formula is C48H33OP. The summed E-state index contributed by atoms with van der Waals surface area (Å²) in [4.78, 5) is 0. The molecule has 1 nitrogen and oxygen atoms in total. The molecule has 0 bridgehead atoms. The molecule has 1 aliphatic rings. The number of rotatable bonds is 5. The Morgan fingerprint density at radius 3 is 0.860 bits per heavy atom. The lowest BCUT2D eigenvalue weighted by molar-refractivity contribution is 0.592. The Labute approximate surface area is 293 Å². The van der Waals surface area contributed by atoms with Gasteiger partial charge >= 0.3 is 0 Å². The minimum absolute atomic E-state index is 0.835. The van der Waals surface area contributed by atoms with Crippen molar-refractivity contribution in [1.82, 2.24) is 0 Å². The summed E-state index contributed by atoms with van der Waals surface area (Å²) >= 11 is 0. The molecule has 0 unspecified atom stereocenters. The third kappa shape index (κ3) is 4.74. The van der Waals surface area contributed by atoms with Crippen LogP contribution in [-0.4, -0.2) is 0 Å². The Kier molecular flexibility index (Phi) is 7.50. The van der Waals surface area contributed by atoms with Gasteiger partial charge in [0.15, 0.2) is 7.14 Å². The van der Waals surface area contributed by atoms with E-state index in [-0.39, 0.29) is 0 Å². The van der Waals surface area contributed by atoms with Crippen molar-refractivity contribution in [2.45, 2.75) is 0 Å². The third-order valence-corrected chi connectivity index (χ3v) is 13.1. The largest absolute Gasteiger partial charge is 0.309 e. The highest BCUT2D eigenvalue weighted by molar-refractivity contribution is 7.85. The second kappa shape index (κ2) is 12.5. The molecule has 0 N–H and O–H groups in total. The highest BCUT2D eigenvalue weighted by Crippen LogP contribution is 2.60. The summed E-state index contributed by atoms with van der Waals surface area (Å²) in [5.74, 6) is 0. The van der Waals surface area contributed by atoms with Crippen molar-refractivity contribution in [3.05, 3.63) is 200 Å². The van der Waals surface area contributed by atoms with E-state index in [1.807, 2.05) is 42.5 Å². The van der Waals surface area contributed by atoms with Crippen molar-refractivity contribution < 1.29 is 4.57 Å². The van der Waals surface area contributed by atoms with Crippen molar-refractivity contribution in [3.8, 4) is 66.8 Å². The molecule has 8 aromatic rings. The van der Waals surface area contributed by atoms with Gasteiger partial charge < -0.3 is 4.57 Å². The minimum Gasteiger partial charge on any atom is -0.309 e. The van der Waals surface area contributed by atoms with Crippen LogP contribution in [0.4, 0.5) is 0 Å². The van der Waals surface area contributed by atoms with Crippen LogP contribution in [0.3, 0.4) is 0 Å². The molecule has 1 aliphatic heterocycles. The van der Waals surface area contributed by atoms with Crippen LogP contribution >= 0.6 is 7.14 Å². The molecule has 0 radical (unpaired) electrons. The summed E-state index contributed by atoms with van der Waals surface area (Å²) in [6.45, 7) is 0. The van der Waals surface area contributed by atoms with E-state index in [0.717, 1.165) is 82.7 Å². The smallest absolute Gasteiger partial charge is 0.172 e. The summed E-state index contributed by atoms with van der Waals surface area (Å²) in [5, 5.41) is 2.56. The molecule has 0 saturated carbocycles. The quantitative estimate of drug-likeness (QED) is 0.169. The van der Waals surface area contributed by atoms with Crippen molar-refractivity contribution in [3.63, 3.8) is 0 Å². The second-order valence-corrected chi connectivity index (χ2v) is 15.4. The number of hydrogen-bond acceptors (Lipinski definition) is 1. The average molecular weight is 657 g/mol. The Morgan fingerprint density at radius 2 is 0.520 bits per heavy atom. The number of benzene rings is 8. The first kappa shape index (κ1) is 30.1. The number of fused-ring (bicyclic) bond motifs is 5. The molecule has 0 saturated heterocycles. The molecule has 0 aliphatic carbocycles. The summed E-state index contributed by atoms with van der Waals surface area (Å²) in [5.41, 5.74) is 13.3. The highest BCUT2D eigenvalue weighted by Gasteiger charge is 2.40. The van der Waals surface area contributed by atoms with Crippen LogP contribution in [0, 0.1) is 0 Å². The predicted molar refractivity (Wildman–Crippen MR) is 212 cm³/mol. The van der Waals surface area contributed by atoms with Gasteiger partial charge in [-0.1, -0.05) is 200 Å². The lowest BCUT2D eigenvalue weighted by Crippen LogP contribution is -2.26. The van der Waals surface area contributed by atoms with Crippen molar-refractivity contribution in [2.75, 3.05) is 0 Å². The van der Waals surface area contributed by atoms with Crippen molar-refractivity contribution in [2.24, 2.45) is 0 Å². The van der Waals surface area contributed by atoms with Gasteiger partial charge in [-0.25, -0.2) is 0 Å². The normalized spacial score (nSPS) is 12.6. The van der Waals surface area contributed by atoms with Crippen LogP contribution in [0.25, 0.3) is 66.8 Å². The minimum atomic E-state index is -3.37. The summed E-state index contributed by atoms with van der Waals surface area (Å²) in [6, 6.07) is 70.0. The first-order valence-electron chi connectivity index (χ1n) is 17.1. The second-order valence-electron chi connectivity index (χ2n) is 12.7. The SMILES string of the molecule is O=P1(c2ccccc2)c2ccccc2-c2c(-c3ccccc3)c(-c3ccccc3)c(-c3ccccc3)c(-c3ccccc3)c2-c2ccccc21. The summed E-state index contributed by atoms with van der Waals surface area (Å²) in [7, 11) is -3.37. The first-order valence-corrected chi connectivity index (χ1v) is 18.8. The number of hydrogen-bond donors (Lipinski definition) is 0. The van der Waals surface area contributed by atoms with E-state index in [2.05, 4.69) is 158 Å². The van der Waals surface area contributed by atoms with E-state index in [9.17, 15) is 0 Å². The van der Waals surface area contributed by atoms with Gasteiger partial charge in [0, 0.05) is 15.9 Å². The van der Waals surface area contributed by atoms with Crippen molar-refractivity contribution in [1.29, 1.82) is 0 Å². The zero-order valence-corrected chi connectivity index (χ0v) is 28.3. The third-order valence-electron chi connectivity index (χ3n) is 9.89. The van der Waals surface area contributed by atoms with Gasteiger partial charge in [0.2, 0.25) is 0 Å². The van der Waals surface area contributed by atoms with Crippen LogP contribution in [-0.2, 0) is 4.57 Å². The zero-order valence-electron chi connectivity index (χ0n) is 27.4. The van der Waals surface area contributed by atoms with E-state index < -0.39 is 7.14 Å². The summed E-state index contributed by atoms with van der Waals surface area (Å²) < 4.78 is 16.4. The van der Waals surface area contributed by atoms with Crippen molar-refractivity contribution >= 4 is 23.1 Å². The lowest BCUT2D eigenvalue weighted by Gasteiger charge is -2.28. The molecule has 236 valence electrons. The maximum atomic E-state index is 16.4. The topological polar surface area (TPSA) is 17.1 Å².